The van der Waals surface area contributed by atoms with Crippen LogP contribution >= 0.6 is 22.9 Å². The number of rotatable bonds is 0. The molecule has 2 unspecified atom stereocenters. The van der Waals surface area contributed by atoms with Crippen LogP contribution < -0.4 is 0 Å². The number of thiazole rings is 1. The van der Waals surface area contributed by atoms with E-state index < -0.39 is 0 Å². The first kappa shape index (κ1) is 66.4. The molecule has 8 rings (SSSR count). The third kappa shape index (κ3) is 21.2. The lowest BCUT2D eigenvalue weighted by molar-refractivity contribution is -0.115. The van der Waals surface area contributed by atoms with Crippen molar-refractivity contribution in [3.63, 3.8) is 0 Å². The number of carbonyl (C=O) groups excluding carboxylic acids is 1. The van der Waals surface area contributed by atoms with Crippen LogP contribution in [0, 0.1) is 129 Å². The average molecular weight is 1020 g/mol. The van der Waals surface area contributed by atoms with Crippen LogP contribution in [0.3, 0.4) is 0 Å². The number of ketones is 1. The zero-order chi connectivity index (χ0) is 55.4. The van der Waals surface area contributed by atoms with E-state index >= 15 is 0 Å². The van der Waals surface area contributed by atoms with E-state index in [-0.39, 0.29) is 5.41 Å². The van der Waals surface area contributed by atoms with Crippen LogP contribution in [-0.4, -0.2) is 76.2 Å². The second kappa shape index (κ2) is 31.1. The molecule has 0 saturated carbocycles. The van der Waals surface area contributed by atoms with Crippen molar-refractivity contribution in [3.05, 3.63) is 124 Å². The van der Waals surface area contributed by atoms with Gasteiger partial charge in [0.25, 0.3) is 0 Å². The van der Waals surface area contributed by atoms with Gasteiger partial charge in [0.1, 0.15) is 11.5 Å². The van der Waals surface area contributed by atoms with E-state index in [4.69, 9.17) is 8.94 Å². The molecule has 7 heterocycles. The Hall–Kier alpha value is -4.63. The summed E-state index contributed by atoms with van der Waals surface area (Å²) in [7, 11) is 6.28. The van der Waals surface area contributed by atoms with Crippen LogP contribution in [0.25, 0.3) is 0 Å². The fourth-order valence-electron chi connectivity index (χ4n) is 6.81. The molecule has 0 radical (unpaired) electrons. The van der Waals surface area contributed by atoms with Gasteiger partial charge in [-0.1, -0.05) is 51.4 Å². The van der Waals surface area contributed by atoms with Crippen LogP contribution in [0.2, 0.25) is 0 Å². The summed E-state index contributed by atoms with van der Waals surface area (Å²) in [6, 6.07) is 5.39. The summed E-state index contributed by atoms with van der Waals surface area (Å²) in [6.45, 7) is 53.3. The summed E-state index contributed by atoms with van der Waals surface area (Å²) in [5, 5.41) is 13.8. The van der Waals surface area contributed by atoms with Crippen molar-refractivity contribution < 1.29 is 13.7 Å². The van der Waals surface area contributed by atoms with Crippen molar-refractivity contribution in [1.82, 2.24) is 44.3 Å². The van der Waals surface area contributed by atoms with Crippen molar-refractivity contribution in [2.45, 2.75) is 199 Å². The minimum atomic E-state index is 0.126. The standard InChI is InChI=1S/C9H14O.C8H18N2.C7H12N2.C7H9N.2C6H9NO.2C6H9NS.C2H6/c1-6-7(2)9(3,4)5-8(6)10;1-6-7(2)9(4)10(5)8(6)3;1-5-6(2)8-9(4)7(5)3;1-6-4-3-5-8-7(6)2;1-4-5(2)8-6(3)7-4;1-4-5(2)7-8-6(4)3;1-4-5(2)8-6(3)7-4;1-4-5(2)7-8-6(4)3;1-2/h5H2,1-4H3;6-8H,1-5H3;1-4H3;3-5H,1-2H3;4*1-3H3;1-2H3. The molecule has 0 aromatic carbocycles. The van der Waals surface area contributed by atoms with Gasteiger partial charge in [0.15, 0.2) is 11.7 Å². The summed E-state index contributed by atoms with van der Waals surface area (Å²) in [5.74, 6) is 3.70. The van der Waals surface area contributed by atoms with E-state index in [0.717, 1.165) is 57.2 Å². The highest BCUT2D eigenvalue weighted by Crippen LogP contribution is 2.39. The predicted octanol–water partition coefficient (Wildman–Crippen LogP) is 14.9. The van der Waals surface area contributed by atoms with Gasteiger partial charge in [0, 0.05) is 79.5 Å². The Morgan fingerprint density at radius 2 is 1.20 bits per heavy atom. The Morgan fingerprint density at radius 1 is 0.648 bits per heavy atom. The second-order valence-corrected chi connectivity index (χ2v) is 21.6. The molecule has 6 aromatic heterocycles. The number of hydrogen-bond donors (Lipinski definition) is 0. The predicted molar refractivity (Wildman–Crippen MR) is 302 cm³/mol. The highest BCUT2D eigenvalue weighted by Gasteiger charge is 2.35. The van der Waals surface area contributed by atoms with Gasteiger partial charge in [-0.25, -0.2) is 20.0 Å². The first-order valence-corrected chi connectivity index (χ1v) is 26.5. The van der Waals surface area contributed by atoms with Crippen molar-refractivity contribution in [2.75, 3.05) is 14.1 Å². The molecule has 71 heavy (non-hydrogen) atoms. The van der Waals surface area contributed by atoms with Crippen LogP contribution in [0.1, 0.15) is 163 Å². The van der Waals surface area contributed by atoms with Gasteiger partial charge in [-0.05, 0) is 190 Å². The monoisotopic (exact) mass is 1020 g/mol. The van der Waals surface area contributed by atoms with Gasteiger partial charge in [0.05, 0.1) is 33.5 Å². The summed E-state index contributed by atoms with van der Waals surface area (Å²) >= 11 is 3.34. The zero-order valence-electron chi connectivity index (χ0n) is 49.7. The molecule has 1 aliphatic heterocycles. The number of carbonyl (C=O) groups is 1. The molecule has 0 N–H and O–H groups in total. The van der Waals surface area contributed by atoms with Crippen molar-refractivity contribution >= 4 is 28.7 Å². The maximum Gasteiger partial charge on any atom is 0.191 e. The van der Waals surface area contributed by atoms with Crippen LogP contribution in [0.4, 0.5) is 0 Å². The van der Waals surface area contributed by atoms with Gasteiger partial charge < -0.3 is 8.94 Å². The van der Waals surface area contributed by atoms with Crippen LogP contribution in [0.5, 0.6) is 0 Å². The van der Waals surface area contributed by atoms with Crippen LogP contribution in [0.15, 0.2) is 38.4 Å². The summed E-state index contributed by atoms with van der Waals surface area (Å²) in [5.41, 5.74) is 15.3. The molecular formula is C57H95N9O3S2. The lowest BCUT2D eigenvalue weighted by Gasteiger charge is -2.24. The Kier molecular flexibility index (Phi) is 29.0. The zero-order valence-corrected chi connectivity index (χ0v) is 51.4. The van der Waals surface area contributed by atoms with E-state index in [0.29, 0.717) is 24.3 Å². The number of aryl methyl sites for hydroxylation is 14. The molecule has 12 nitrogen and oxygen atoms in total. The number of hydrogen-bond acceptors (Lipinski definition) is 13. The molecule has 0 amide bonds. The summed E-state index contributed by atoms with van der Waals surface area (Å²) < 4.78 is 16.0. The van der Waals surface area contributed by atoms with E-state index in [1.54, 1.807) is 22.9 Å². The first-order chi connectivity index (χ1) is 32.8. The SMILES string of the molecule is CC.CC1=C(C)C(C)(C)CC1=O.CC1C(C)N(C)N(C)C1C.Cc1cccnc1C.Cc1nc(C)c(C)o1.Cc1nc(C)c(C)s1.Cc1nn(C)c(C)c1C.Cc1noc(C)c1C.Cc1nsc(C)c1C. The van der Waals surface area contributed by atoms with Gasteiger partial charge in [-0.2, -0.15) is 9.47 Å². The number of Topliss-reactive ketones (excluding diaryl/α,β-unsaturated/α-hetero) is 1. The number of nitrogens with zero attached hydrogens (tertiary/aromatic N) is 9. The summed E-state index contributed by atoms with van der Waals surface area (Å²) in [4.78, 5) is 26.2. The molecule has 0 spiro atoms. The van der Waals surface area contributed by atoms with E-state index in [9.17, 15) is 4.79 Å². The summed E-state index contributed by atoms with van der Waals surface area (Å²) in [6.07, 6.45) is 2.51. The third-order valence-electron chi connectivity index (χ3n) is 14.0. The molecule has 6 aromatic rings. The highest BCUT2D eigenvalue weighted by molar-refractivity contribution is 7.11. The largest absolute Gasteiger partial charge is 0.446 e. The molecule has 1 aliphatic carbocycles. The van der Waals surface area contributed by atoms with E-state index in [1.807, 2.05) is 121 Å². The van der Waals surface area contributed by atoms with Crippen molar-refractivity contribution in [1.29, 1.82) is 0 Å². The average Bonchev–Trinajstić information content (AvgIpc) is 4.11. The fourth-order valence-corrected chi connectivity index (χ4v) is 8.32. The van der Waals surface area contributed by atoms with E-state index in [1.165, 1.54) is 54.1 Å². The fraction of sp³-hybridized carbons (Fsp3) is 0.596. The lowest BCUT2D eigenvalue weighted by atomic mass is 9.86. The lowest BCUT2D eigenvalue weighted by Crippen LogP contribution is -2.35. The quantitative estimate of drug-likeness (QED) is 0.144. The Balaban J connectivity index is 0.000000786. The Morgan fingerprint density at radius 3 is 1.34 bits per heavy atom. The third-order valence-corrected chi connectivity index (χ3v) is 15.9. The minimum absolute atomic E-state index is 0.126. The number of aromatic nitrogens is 7. The second-order valence-electron chi connectivity index (χ2n) is 19.2. The van der Waals surface area contributed by atoms with Crippen molar-refractivity contribution in [2.24, 2.45) is 18.4 Å². The first-order valence-electron chi connectivity index (χ1n) is 24.9. The van der Waals surface area contributed by atoms with Gasteiger partial charge in [-0.3, -0.25) is 14.5 Å². The minimum Gasteiger partial charge on any atom is -0.446 e. The molecule has 2 atom stereocenters. The highest BCUT2D eigenvalue weighted by atomic mass is 32.1. The molecule has 0 bridgehead atoms. The molecular weight excluding hydrogens is 923 g/mol. The smallest absolute Gasteiger partial charge is 0.191 e. The number of oxazole rings is 1. The van der Waals surface area contributed by atoms with Gasteiger partial charge in [-0.15, -0.1) is 11.3 Å². The number of hydrazine groups is 1. The van der Waals surface area contributed by atoms with E-state index in [2.05, 4.69) is 143 Å². The normalized spacial score (nSPS) is 16.6. The molecule has 1 fully saturated rings. The van der Waals surface area contributed by atoms with Gasteiger partial charge in [0.2, 0.25) is 0 Å². The number of pyridine rings is 1. The van der Waals surface area contributed by atoms with Crippen molar-refractivity contribution in [3.8, 4) is 0 Å². The Bertz CT molecular complexity index is 2300. The van der Waals surface area contributed by atoms with Gasteiger partial charge >= 0.3 is 0 Å². The maximum atomic E-state index is 11.1. The Labute approximate surface area is 439 Å². The maximum absolute atomic E-state index is 11.1. The topological polar surface area (TPSA) is 132 Å². The molecule has 1 saturated heterocycles. The van der Waals surface area contributed by atoms with Crippen LogP contribution in [-0.2, 0) is 11.8 Å². The number of allylic oxidation sites excluding steroid dienone is 2. The molecule has 2 aliphatic rings. The molecule has 14 heteroatoms. The molecule has 398 valence electrons.